The number of carbonyl (C=O) groups is 2. The second-order valence-corrected chi connectivity index (χ2v) is 5.80. The van der Waals surface area contributed by atoms with Crippen molar-refractivity contribution in [2.24, 2.45) is 0 Å². The van der Waals surface area contributed by atoms with Gasteiger partial charge in [0.05, 0.1) is 6.26 Å². The van der Waals surface area contributed by atoms with E-state index in [1.165, 1.54) is 24.1 Å². The minimum absolute atomic E-state index is 0.0268. The average molecular weight is 308 g/mol. The molecule has 8 heteroatoms. The van der Waals surface area contributed by atoms with Crippen molar-refractivity contribution < 1.29 is 23.6 Å². The van der Waals surface area contributed by atoms with Crippen LogP contribution in [0.2, 0.25) is 0 Å². The van der Waals surface area contributed by atoms with Crippen LogP contribution >= 0.6 is 11.8 Å². The third kappa shape index (κ3) is 2.54. The number of hydrogen-bond donors (Lipinski definition) is 2. The maximum Gasteiger partial charge on any atom is 0.330 e. The molecule has 1 fully saturated rings. The molecule has 21 heavy (non-hydrogen) atoms. The van der Waals surface area contributed by atoms with Crippen LogP contribution in [0.5, 0.6) is 0 Å². The SMILES string of the molecule is O=C(NC1(C(=O)O)CCSC1)c1cc(-c2ccco2)on1. The molecule has 3 rings (SSSR count). The first-order valence-electron chi connectivity index (χ1n) is 6.25. The van der Waals surface area contributed by atoms with Gasteiger partial charge in [0.2, 0.25) is 5.76 Å². The number of nitrogens with zero attached hydrogens (tertiary/aromatic N) is 1. The molecule has 2 aromatic rings. The van der Waals surface area contributed by atoms with Crippen molar-refractivity contribution in [3.8, 4) is 11.5 Å². The number of aliphatic carboxylic acids is 1. The van der Waals surface area contributed by atoms with Crippen LogP contribution in [0.1, 0.15) is 16.9 Å². The van der Waals surface area contributed by atoms with Crippen LogP contribution in [0.4, 0.5) is 0 Å². The van der Waals surface area contributed by atoms with E-state index in [1.807, 2.05) is 0 Å². The molecule has 2 aromatic heterocycles. The molecule has 0 saturated carbocycles. The maximum atomic E-state index is 12.2. The second kappa shape index (κ2) is 5.28. The van der Waals surface area contributed by atoms with Gasteiger partial charge in [-0.25, -0.2) is 4.79 Å². The summed E-state index contributed by atoms with van der Waals surface area (Å²) in [6.07, 6.45) is 1.87. The van der Waals surface area contributed by atoms with Gasteiger partial charge in [-0.15, -0.1) is 0 Å². The van der Waals surface area contributed by atoms with Gasteiger partial charge in [0.25, 0.3) is 5.91 Å². The van der Waals surface area contributed by atoms with E-state index < -0.39 is 17.4 Å². The Labute approximate surface area is 123 Å². The highest BCUT2D eigenvalue weighted by atomic mass is 32.2. The number of carboxylic acid groups (broad SMARTS) is 1. The molecule has 2 N–H and O–H groups in total. The van der Waals surface area contributed by atoms with Gasteiger partial charge in [0.1, 0.15) is 5.54 Å². The zero-order valence-corrected chi connectivity index (χ0v) is 11.7. The average Bonchev–Trinajstić information content (AvgIpc) is 3.20. The first-order chi connectivity index (χ1) is 10.1. The third-order valence-electron chi connectivity index (χ3n) is 3.29. The Kier molecular flexibility index (Phi) is 3.46. The fourth-order valence-electron chi connectivity index (χ4n) is 2.08. The lowest BCUT2D eigenvalue weighted by Gasteiger charge is -2.23. The first-order valence-corrected chi connectivity index (χ1v) is 7.40. The molecule has 110 valence electrons. The summed E-state index contributed by atoms with van der Waals surface area (Å²) in [5.41, 5.74) is -1.20. The summed E-state index contributed by atoms with van der Waals surface area (Å²) in [7, 11) is 0. The lowest BCUT2D eigenvalue weighted by Crippen LogP contribution is -2.54. The summed E-state index contributed by atoms with van der Waals surface area (Å²) in [5, 5.41) is 15.5. The smallest absolute Gasteiger partial charge is 0.330 e. The van der Waals surface area contributed by atoms with E-state index in [-0.39, 0.29) is 5.69 Å². The van der Waals surface area contributed by atoms with Crippen molar-refractivity contribution in [2.75, 3.05) is 11.5 Å². The second-order valence-electron chi connectivity index (χ2n) is 4.70. The van der Waals surface area contributed by atoms with Crippen molar-refractivity contribution in [1.29, 1.82) is 0 Å². The highest BCUT2D eigenvalue weighted by molar-refractivity contribution is 7.99. The van der Waals surface area contributed by atoms with Gasteiger partial charge in [0, 0.05) is 11.8 Å². The number of rotatable bonds is 4. The number of nitrogens with one attached hydrogen (secondary N) is 1. The Morgan fingerprint density at radius 3 is 2.90 bits per heavy atom. The van der Waals surface area contributed by atoms with Crippen molar-refractivity contribution in [1.82, 2.24) is 10.5 Å². The lowest BCUT2D eigenvalue weighted by molar-refractivity contribution is -0.143. The van der Waals surface area contributed by atoms with Crippen molar-refractivity contribution in [3.63, 3.8) is 0 Å². The predicted octanol–water partition coefficient (Wildman–Crippen LogP) is 1.62. The monoisotopic (exact) mass is 308 g/mol. The molecule has 0 spiro atoms. The van der Waals surface area contributed by atoms with Crippen molar-refractivity contribution in [3.05, 3.63) is 30.2 Å². The van der Waals surface area contributed by atoms with Crippen molar-refractivity contribution in [2.45, 2.75) is 12.0 Å². The zero-order chi connectivity index (χ0) is 14.9. The summed E-state index contributed by atoms with van der Waals surface area (Å²) in [6, 6.07) is 4.78. The van der Waals surface area contributed by atoms with Crippen LogP contribution in [0.25, 0.3) is 11.5 Å². The van der Waals surface area contributed by atoms with Gasteiger partial charge in [-0.2, -0.15) is 11.8 Å². The van der Waals surface area contributed by atoms with Gasteiger partial charge in [-0.1, -0.05) is 5.16 Å². The van der Waals surface area contributed by atoms with Crippen LogP contribution in [0, 0.1) is 0 Å². The molecule has 1 aliphatic heterocycles. The Bertz CT molecular complexity index is 658. The largest absolute Gasteiger partial charge is 0.479 e. The van der Waals surface area contributed by atoms with E-state index >= 15 is 0 Å². The predicted molar refractivity (Wildman–Crippen MR) is 74.0 cm³/mol. The molecule has 3 heterocycles. The van der Waals surface area contributed by atoms with E-state index in [0.717, 1.165) is 0 Å². The number of aromatic nitrogens is 1. The van der Waals surface area contributed by atoms with E-state index in [9.17, 15) is 14.7 Å². The van der Waals surface area contributed by atoms with E-state index in [2.05, 4.69) is 10.5 Å². The standard InChI is InChI=1S/C13H12N2O5S/c16-11(14-13(12(17)18)3-5-21-7-13)8-6-10(20-15-8)9-2-1-4-19-9/h1-2,4,6H,3,5,7H2,(H,14,16)(H,17,18). The molecule has 1 saturated heterocycles. The van der Waals surface area contributed by atoms with Crippen LogP contribution in [0.15, 0.2) is 33.4 Å². The number of furan rings is 1. The number of amides is 1. The Morgan fingerprint density at radius 1 is 1.43 bits per heavy atom. The Balaban J connectivity index is 1.78. The summed E-state index contributed by atoms with van der Waals surface area (Å²) in [5.74, 6) is 0.207. The molecule has 0 aromatic carbocycles. The highest BCUT2D eigenvalue weighted by Gasteiger charge is 2.43. The lowest BCUT2D eigenvalue weighted by atomic mass is 9.99. The number of thioether (sulfide) groups is 1. The zero-order valence-electron chi connectivity index (χ0n) is 10.9. The minimum atomic E-state index is -1.23. The normalized spacial score (nSPS) is 21.3. The van der Waals surface area contributed by atoms with Crippen LogP contribution in [-0.2, 0) is 4.79 Å². The fraction of sp³-hybridized carbons (Fsp3) is 0.308. The van der Waals surface area contributed by atoms with Gasteiger partial charge >= 0.3 is 5.97 Å². The maximum absolute atomic E-state index is 12.2. The Hall–Kier alpha value is -2.22. The van der Waals surface area contributed by atoms with Gasteiger partial charge in [-0.05, 0) is 24.3 Å². The third-order valence-corrected chi connectivity index (χ3v) is 4.48. The Morgan fingerprint density at radius 2 is 2.29 bits per heavy atom. The molecule has 1 unspecified atom stereocenters. The topological polar surface area (TPSA) is 106 Å². The number of carbonyl (C=O) groups excluding carboxylic acids is 1. The van der Waals surface area contributed by atoms with E-state index in [0.29, 0.717) is 29.4 Å². The fourth-order valence-corrected chi connectivity index (χ4v) is 3.41. The first kappa shape index (κ1) is 13.7. The number of carboxylic acids is 1. The molecular weight excluding hydrogens is 296 g/mol. The summed E-state index contributed by atoms with van der Waals surface area (Å²) < 4.78 is 10.2. The molecular formula is C13H12N2O5S. The van der Waals surface area contributed by atoms with Gasteiger partial charge in [-0.3, -0.25) is 4.79 Å². The van der Waals surface area contributed by atoms with E-state index in [1.54, 1.807) is 12.1 Å². The molecule has 1 amide bonds. The quantitative estimate of drug-likeness (QED) is 0.884. The van der Waals surface area contributed by atoms with Gasteiger partial charge < -0.3 is 19.4 Å². The molecule has 1 atom stereocenters. The van der Waals surface area contributed by atoms with Gasteiger partial charge in [0.15, 0.2) is 11.5 Å². The van der Waals surface area contributed by atoms with Crippen LogP contribution in [0.3, 0.4) is 0 Å². The molecule has 1 aliphatic rings. The molecule has 0 radical (unpaired) electrons. The highest BCUT2D eigenvalue weighted by Crippen LogP contribution is 2.29. The van der Waals surface area contributed by atoms with Crippen LogP contribution in [-0.4, -0.2) is 39.2 Å². The summed E-state index contributed by atoms with van der Waals surface area (Å²) >= 11 is 1.50. The van der Waals surface area contributed by atoms with E-state index in [4.69, 9.17) is 8.94 Å². The summed E-state index contributed by atoms with van der Waals surface area (Å²) in [4.78, 5) is 23.6. The number of hydrogen-bond acceptors (Lipinski definition) is 6. The van der Waals surface area contributed by atoms with Crippen LogP contribution < -0.4 is 5.32 Å². The summed E-state index contributed by atoms with van der Waals surface area (Å²) in [6.45, 7) is 0. The molecule has 7 nitrogen and oxygen atoms in total. The molecule has 0 aliphatic carbocycles. The van der Waals surface area contributed by atoms with Crippen molar-refractivity contribution >= 4 is 23.6 Å². The molecule has 0 bridgehead atoms. The minimum Gasteiger partial charge on any atom is -0.479 e.